The smallest absolute Gasteiger partial charge is 0.337 e. The number of ether oxygens (including phenoxy) is 1. The Morgan fingerprint density at radius 1 is 1.38 bits per heavy atom. The Morgan fingerprint density at radius 2 is 2.14 bits per heavy atom. The number of methoxy groups -OCH3 is 1. The standard InChI is InChI=1S/C13H10N2O5S/c1-20-9-3-4-11(10(6-9)15(18)19)21-12-5-2-8(7-14-12)13(16)17/h2-7H,1H3,(H,16,17). The van der Waals surface area contributed by atoms with Crippen molar-refractivity contribution < 1.29 is 19.6 Å². The first kappa shape index (κ1) is 14.8. The van der Waals surface area contributed by atoms with Crippen molar-refractivity contribution in [3.8, 4) is 5.75 Å². The van der Waals surface area contributed by atoms with E-state index in [0.717, 1.165) is 11.8 Å². The Labute approximate surface area is 123 Å². The van der Waals surface area contributed by atoms with Crippen LogP contribution in [0.3, 0.4) is 0 Å². The fourth-order valence-electron chi connectivity index (χ4n) is 1.53. The topological polar surface area (TPSA) is 103 Å². The lowest BCUT2D eigenvalue weighted by molar-refractivity contribution is -0.387. The van der Waals surface area contributed by atoms with Crippen molar-refractivity contribution in [2.24, 2.45) is 0 Å². The molecule has 0 atom stereocenters. The van der Waals surface area contributed by atoms with Gasteiger partial charge in [-0.05, 0) is 24.3 Å². The van der Waals surface area contributed by atoms with Crippen LogP contribution in [0.2, 0.25) is 0 Å². The number of carboxylic acid groups (broad SMARTS) is 1. The number of benzene rings is 1. The minimum atomic E-state index is -1.07. The molecule has 2 rings (SSSR count). The first-order chi connectivity index (χ1) is 10.0. The van der Waals surface area contributed by atoms with E-state index < -0.39 is 10.9 Å². The molecule has 1 N–H and O–H groups in total. The van der Waals surface area contributed by atoms with Crippen LogP contribution >= 0.6 is 11.8 Å². The van der Waals surface area contributed by atoms with E-state index in [-0.39, 0.29) is 11.3 Å². The number of aromatic nitrogens is 1. The second-order valence-electron chi connectivity index (χ2n) is 3.88. The number of rotatable bonds is 5. The number of aromatic carboxylic acids is 1. The molecule has 0 aliphatic rings. The third-order valence-corrected chi connectivity index (χ3v) is 3.58. The summed E-state index contributed by atoms with van der Waals surface area (Å²) in [7, 11) is 1.43. The minimum Gasteiger partial charge on any atom is -0.497 e. The van der Waals surface area contributed by atoms with Crippen LogP contribution in [0.1, 0.15) is 10.4 Å². The van der Waals surface area contributed by atoms with E-state index in [1.807, 2.05) is 0 Å². The predicted molar refractivity (Wildman–Crippen MR) is 75.0 cm³/mol. The SMILES string of the molecule is COc1ccc(Sc2ccc(C(=O)O)cn2)c([N+](=O)[O-])c1. The van der Waals surface area contributed by atoms with E-state index in [0.29, 0.717) is 15.7 Å². The van der Waals surface area contributed by atoms with Crippen LogP contribution in [0.25, 0.3) is 0 Å². The summed E-state index contributed by atoms with van der Waals surface area (Å²) in [5.74, 6) is -0.685. The molecule has 0 aliphatic heterocycles. The van der Waals surface area contributed by atoms with Gasteiger partial charge in [-0.25, -0.2) is 9.78 Å². The number of hydrogen-bond donors (Lipinski definition) is 1. The van der Waals surface area contributed by atoms with Gasteiger partial charge in [0.15, 0.2) is 0 Å². The molecule has 2 aromatic rings. The summed E-state index contributed by atoms with van der Waals surface area (Å²) in [6.07, 6.45) is 1.21. The van der Waals surface area contributed by atoms with E-state index in [2.05, 4.69) is 4.98 Å². The van der Waals surface area contributed by atoms with E-state index in [9.17, 15) is 14.9 Å². The summed E-state index contributed by atoms with van der Waals surface area (Å²) in [6, 6.07) is 7.40. The monoisotopic (exact) mass is 306 g/mol. The molecule has 0 bridgehead atoms. The van der Waals surface area contributed by atoms with Gasteiger partial charge in [0.1, 0.15) is 10.8 Å². The van der Waals surface area contributed by atoms with Crippen LogP contribution in [-0.4, -0.2) is 28.1 Å². The lowest BCUT2D eigenvalue weighted by Crippen LogP contribution is -1.97. The van der Waals surface area contributed by atoms with E-state index >= 15 is 0 Å². The number of carboxylic acids is 1. The van der Waals surface area contributed by atoms with Crippen LogP contribution in [0.15, 0.2) is 46.5 Å². The molecule has 1 aromatic heterocycles. The molecule has 0 unspecified atom stereocenters. The second kappa shape index (κ2) is 6.23. The Bertz CT molecular complexity index is 687. The van der Waals surface area contributed by atoms with E-state index in [1.165, 1.54) is 31.5 Å². The van der Waals surface area contributed by atoms with Gasteiger partial charge in [-0.3, -0.25) is 10.1 Å². The van der Waals surface area contributed by atoms with Crippen LogP contribution in [-0.2, 0) is 0 Å². The number of pyridine rings is 1. The van der Waals surface area contributed by atoms with Crippen molar-refractivity contribution >= 4 is 23.4 Å². The number of nitrogens with zero attached hydrogens (tertiary/aromatic N) is 2. The van der Waals surface area contributed by atoms with Gasteiger partial charge in [-0.15, -0.1) is 0 Å². The number of nitro benzene ring substituents is 1. The molecular formula is C13H10N2O5S. The maximum Gasteiger partial charge on any atom is 0.337 e. The molecule has 0 fully saturated rings. The largest absolute Gasteiger partial charge is 0.497 e. The molecular weight excluding hydrogens is 296 g/mol. The van der Waals surface area contributed by atoms with E-state index in [1.54, 1.807) is 12.1 Å². The third kappa shape index (κ3) is 3.48. The zero-order chi connectivity index (χ0) is 15.4. The zero-order valence-electron chi connectivity index (χ0n) is 10.8. The second-order valence-corrected chi connectivity index (χ2v) is 4.95. The quantitative estimate of drug-likeness (QED) is 0.669. The normalized spacial score (nSPS) is 10.1. The number of nitro groups is 1. The van der Waals surface area contributed by atoms with Crippen LogP contribution in [0, 0.1) is 10.1 Å². The van der Waals surface area contributed by atoms with Crippen molar-refractivity contribution in [1.29, 1.82) is 0 Å². The van der Waals surface area contributed by atoms with Gasteiger partial charge in [-0.1, -0.05) is 11.8 Å². The molecule has 0 spiro atoms. The van der Waals surface area contributed by atoms with Gasteiger partial charge in [0.05, 0.1) is 28.6 Å². The van der Waals surface area contributed by atoms with Crippen molar-refractivity contribution in [2.45, 2.75) is 9.92 Å². The highest BCUT2D eigenvalue weighted by atomic mass is 32.2. The highest BCUT2D eigenvalue weighted by molar-refractivity contribution is 7.99. The fraction of sp³-hybridized carbons (Fsp3) is 0.0769. The summed E-state index contributed by atoms with van der Waals surface area (Å²) in [5.41, 5.74) is -0.0351. The number of hydrogen-bond acceptors (Lipinski definition) is 6. The zero-order valence-corrected chi connectivity index (χ0v) is 11.7. The van der Waals surface area contributed by atoms with Crippen LogP contribution in [0.4, 0.5) is 5.69 Å². The Morgan fingerprint density at radius 3 is 2.67 bits per heavy atom. The fourth-order valence-corrected chi connectivity index (χ4v) is 2.37. The molecule has 0 aliphatic carbocycles. The van der Waals surface area contributed by atoms with Crippen molar-refractivity contribution in [3.63, 3.8) is 0 Å². The average molecular weight is 306 g/mol. The first-order valence-electron chi connectivity index (χ1n) is 5.71. The Kier molecular flexibility index (Phi) is 4.39. The molecule has 0 amide bonds. The lowest BCUT2D eigenvalue weighted by atomic mass is 10.3. The summed E-state index contributed by atoms with van der Waals surface area (Å²) < 4.78 is 4.96. The van der Waals surface area contributed by atoms with E-state index in [4.69, 9.17) is 9.84 Å². The van der Waals surface area contributed by atoms with Gasteiger partial charge in [0.25, 0.3) is 5.69 Å². The van der Waals surface area contributed by atoms with Gasteiger partial charge >= 0.3 is 5.97 Å². The summed E-state index contributed by atoms with van der Waals surface area (Å²) >= 11 is 1.08. The molecule has 0 radical (unpaired) electrons. The molecule has 7 nitrogen and oxygen atoms in total. The molecule has 0 saturated heterocycles. The maximum atomic E-state index is 11.1. The molecule has 1 heterocycles. The first-order valence-corrected chi connectivity index (χ1v) is 6.52. The van der Waals surface area contributed by atoms with Crippen molar-refractivity contribution in [2.75, 3.05) is 7.11 Å². The van der Waals surface area contributed by atoms with Crippen LogP contribution in [0.5, 0.6) is 5.75 Å². The molecule has 0 saturated carbocycles. The maximum absolute atomic E-state index is 11.1. The molecule has 108 valence electrons. The summed E-state index contributed by atoms with van der Waals surface area (Å²) in [6.45, 7) is 0. The Balaban J connectivity index is 2.30. The summed E-state index contributed by atoms with van der Waals surface area (Å²) in [5, 5.41) is 20.3. The van der Waals surface area contributed by atoms with Crippen LogP contribution < -0.4 is 4.74 Å². The third-order valence-electron chi connectivity index (χ3n) is 2.56. The Hall–Kier alpha value is -2.61. The van der Waals surface area contributed by atoms with Gasteiger partial charge < -0.3 is 9.84 Å². The molecule has 21 heavy (non-hydrogen) atoms. The summed E-state index contributed by atoms with van der Waals surface area (Å²) in [4.78, 5) is 25.7. The minimum absolute atomic E-state index is 0.0589. The lowest BCUT2D eigenvalue weighted by Gasteiger charge is -2.05. The van der Waals surface area contributed by atoms with Gasteiger partial charge in [0.2, 0.25) is 0 Å². The highest BCUT2D eigenvalue weighted by Crippen LogP contribution is 2.36. The number of carbonyl (C=O) groups is 1. The highest BCUT2D eigenvalue weighted by Gasteiger charge is 2.17. The predicted octanol–water partition coefficient (Wildman–Crippen LogP) is 2.85. The molecule has 1 aromatic carbocycles. The average Bonchev–Trinajstić information content (AvgIpc) is 2.48. The van der Waals surface area contributed by atoms with Gasteiger partial charge in [0, 0.05) is 6.20 Å². The van der Waals surface area contributed by atoms with Crippen molar-refractivity contribution in [1.82, 2.24) is 4.98 Å². The van der Waals surface area contributed by atoms with Gasteiger partial charge in [-0.2, -0.15) is 0 Å². The molecule has 8 heteroatoms. The van der Waals surface area contributed by atoms with Crippen molar-refractivity contribution in [3.05, 3.63) is 52.2 Å².